The third-order valence-electron chi connectivity index (χ3n) is 4.58. The molecule has 1 saturated heterocycles. The van der Waals surface area contributed by atoms with E-state index < -0.39 is 31.7 Å². The average molecular weight is 494 g/mol. The Morgan fingerprint density at radius 2 is 1.68 bits per heavy atom. The molecule has 1 aliphatic heterocycles. The quantitative estimate of drug-likeness (QED) is 0.587. The normalized spacial score (nSPS) is 18.7. The van der Waals surface area contributed by atoms with Gasteiger partial charge in [-0.3, -0.25) is 9.59 Å². The van der Waals surface area contributed by atoms with Crippen LogP contribution in [0.5, 0.6) is 0 Å². The highest BCUT2D eigenvalue weighted by atomic mass is 79.9. The number of carbonyl (C=O) groups excluding carboxylic acids is 2. The summed E-state index contributed by atoms with van der Waals surface area (Å²) >= 11 is 3.16. The molecule has 3 rings (SSSR count). The second kappa shape index (κ2) is 7.73. The van der Waals surface area contributed by atoms with Gasteiger partial charge in [0, 0.05) is 42.9 Å². The summed E-state index contributed by atoms with van der Waals surface area (Å²) < 4.78 is 50.9. The first-order valence-electron chi connectivity index (χ1n) is 8.59. The summed E-state index contributed by atoms with van der Waals surface area (Å²) in [6.45, 7) is 0.194. The van der Waals surface area contributed by atoms with Crippen LogP contribution in [0.2, 0.25) is 0 Å². The van der Waals surface area contributed by atoms with Crippen LogP contribution in [0.25, 0.3) is 0 Å². The van der Waals surface area contributed by atoms with Crippen molar-refractivity contribution in [3.63, 3.8) is 0 Å². The topological polar surface area (TPSA) is 121 Å². The van der Waals surface area contributed by atoms with Gasteiger partial charge in [-0.15, -0.1) is 0 Å². The predicted octanol–water partition coefficient (Wildman–Crippen LogP) is -0.0359. The van der Waals surface area contributed by atoms with Crippen LogP contribution < -0.4 is 5.32 Å². The SMILES string of the molecule is CS(=O)(=O)c1ccc(Br)c(S(=O)(=O)N2CCN(C(=O)C(=O)NC3CC3)CC2)c1. The third kappa shape index (κ3) is 4.56. The molecule has 0 aromatic heterocycles. The monoisotopic (exact) mass is 493 g/mol. The molecule has 1 heterocycles. The molecular formula is C16H20BrN3O6S2. The first-order valence-corrected chi connectivity index (χ1v) is 12.7. The highest BCUT2D eigenvalue weighted by molar-refractivity contribution is 9.10. The lowest BCUT2D eigenvalue weighted by Gasteiger charge is -2.33. The first kappa shape index (κ1) is 21.2. The molecule has 0 radical (unpaired) electrons. The van der Waals surface area contributed by atoms with Crippen LogP contribution in [0.4, 0.5) is 0 Å². The van der Waals surface area contributed by atoms with E-state index in [0.717, 1.165) is 25.2 Å². The van der Waals surface area contributed by atoms with E-state index in [9.17, 15) is 26.4 Å². The number of carbonyl (C=O) groups is 2. The fourth-order valence-corrected chi connectivity index (χ4v) is 5.90. The molecule has 0 bridgehead atoms. The number of nitrogens with one attached hydrogen (secondary N) is 1. The van der Waals surface area contributed by atoms with Gasteiger partial charge in [0.2, 0.25) is 10.0 Å². The molecule has 2 fully saturated rings. The van der Waals surface area contributed by atoms with Gasteiger partial charge in [-0.25, -0.2) is 16.8 Å². The number of hydrogen-bond donors (Lipinski definition) is 1. The molecule has 1 saturated carbocycles. The van der Waals surface area contributed by atoms with Gasteiger partial charge in [0.25, 0.3) is 0 Å². The highest BCUT2D eigenvalue weighted by Gasteiger charge is 2.35. The molecule has 0 spiro atoms. The number of piperazine rings is 1. The van der Waals surface area contributed by atoms with Gasteiger partial charge in [0.1, 0.15) is 0 Å². The second-order valence-corrected chi connectivity index (χ2v) is 11.6. The molecule has 9 nitrogen and oxygen atoms in total. The minimum atomic E-state index is -3.97. The lowest BCUT2D eigenvalue weighted by molar-refractivity contribution is -0.146. The van der Waals surface area contributed by atoms with Gasteiger partial charge in [0.05, 0.1) is 9.79 Å². The molecule has 12 heteroatoms. The Kier molecular flexibility index (Phi) is 5.86. The maximum atomic E-state index is 13.0. The van der Waals surface area contributed by atoms with Crippen LogP contribution in [0.1, 0.15) is 12.8 Å². The van der Waals surface area contributed by atoms with Crippen molar-refractivity contribution in [2.75, 3.05) is 32.4 Å². The summed E-state index contributed by atoms with van der Waals surface area (Å²) in [5.41, 5.74) is 0. The summed E-state index contributed by atoms with van der Waals surface area (Å²) in [4.78, 5) is 25.1. The predicted molar refractivity (Wildman–Crippen MR) is 104 cm³/mol. The zero-order chi connectivity index (χ0) is 20.7. The molecule has 1 N–H and O–H groups in total. The molecule has 0 unspecified atom stereocenters. The molecule has 2 aliphatic rings. The number of rotatable bonds is 4. The second-order valence-electron chi connectivity index (χ2n) is 6.81. The van der Waals surface area contributed by atoms with E-state index in [1.807, 2.05) is 0 Å². The van der Waals surface area contributed by atoms with Crippen LogP contribution in [0.15, 0.2) is 32.5 Å². The number of sulfonamides is 1. The van der Waals surface area contributed by atoms with E-state index >= 15 is 0 Å². The van der Waals surface area contributed by atoms with Gasteiger partial charge >= 0.3 is 11.8 Å². The smallest absolute Gasteiger partial charge is 0.311 e. The molecular weight excluding hydrogens is 474 g/mol. The maximum absolute atomic E-state index is 13.0. The van der Waals surface area contributed by atoms with Crippen molar-refractivity contribution in [2.45, 2.75) is 28.7 Å². The van der Waals surface area contributed by atoms with E-state index in [1.165, 1.54) is 21.3 Å². The van der Waals surface area contributed by atoms with Gasteiger partial charge in [-0.05, 0) is 47.0 Å². The Morgan fingerprint density at radius 1 is 1.07 bits per heavy atom. The Bertz CT molecular complexity index is 1010. The Balaban J connectivity index is 1.73. The standard InChI is InChI=1S/C16H20BrN3O6S2/c1-27(23,24)12-4-5-13(17)14(10-12)28(25,26)20-8-6-19(7-9-20)16(22)15(21)18-11-2-3-11/h4-5,10-11H,2-3,6-9H2,1H3,(H,18,21). The Hall–Kier alpha value is -1.50. The number of sulfone groups is 1. The average Bonchev–Trinajstić information content (AvgIpc) is 3.44. The van der Waals surface area contributed by atoms with Crippen molar-refractivity contribution in [1.82, 2.24) is 14.5 Å². The minimum Gasteiger partial charge on any atom is -0.345 e. The molecule has 1 aromatic carbocycles. The summed E-state index contributed by atoms with van der Waals surface area (Å²) in [6.07, 6.45) is 2.74. The van der Waals surface area contributed by atoms with Crippen molar-refractivity contribution >= 4 is 47.6 Å². The summed E-state index contributed by atoms with van der Waals surface area (Å²) in [7, 11) is -7.54. The van der Waals surface area contributed by atoms with Gasteiger partial charge in [0.15, 0.2) is 9.84 Å². The van der Waals surface area contributed by atoms with E-state index in [0.29, 0.717) is 0 Å². The molecule has 0 atom stereocenters. The maximum Gasteiger partial charge on any atom is 0.311 e. The van der Waals surface area contributed by atoms with E-state index in [1.54, 1.807) is 0 Å². The number of hydrogen-bond acceptors (Lipinski definition) is 6. The zero-order valence-electron chi connectivity index (χ0n) is 15.1. The number of amides is 2. The number of nitrogens with zero attached hydrogens (tertiary/aromatic N) is 2. The van der Waals surface area contributed by atoms with Crippen LogP contribution in [0.3, 0.4) is 0 Å². The van der Waals surface area contributed by atoms with Crippen molar-refractivity contribution in [2.24, 2.45) is 0 Å². The van der Waals surface area contributed by atoms with E-state index in [2.05, 4.69) is 21.2 Å². The summed E-state index contributed by atoms with van der Waals surface area (Å²) in [5.74, 6) is -1.33. The van der Waals surface area contributed by atoms with Gasteiger partial charge in [-0.2, -0.15) is 4.31 Å². The fraction of sp³-hybridized carbons (Fsp3) is 0.500. The minimum absolute atomic E-state index is 0.0142. The third-order valence-corrected chi connectivity index (χ3v) is 8.58. The Morgan fingerprint density at radius 3 is 2.21 bits per heavy atom. The van der Waals surface area contributed by atoms with Crippen molar-refractivity contribution in [3.8, 4) is 0 Å². The van der Waals surface area contributed by atoms with Crippen LogP contribution in [0, 0.1) is 0 Å². The molecule has 154 valence electrons. The van der Waals surface area contributed by atoms with E-state index in [-0.39, 0.29) is 46.5 Å². The van der Waals surface area contributed by atoms with Crippen molar-refractivity contribution < 1.29 is 26.4 Å². The summed E-state index contributed by atoms with van der Waals surface area (Å²) in [5, 5.41) is 2.62. The first-order chi connectivity index (χ1) is 13.0. The lowest BCUT2D eigenvalue weighted by atomic mass is 10.3. The molecule has 2 amide bonds. The van der Waals surface area contributed by atoms with Crippen LogP contribution >= 0.6 is 15.9 Å². The van der Waals surface area contributed by atoms with Crippen molar-refractivity contribution in [3.05, 3.63) is 22.7 Å². The largest absolute Gasteiger partial charge is 0.345 e. The Labute approximate surface area is 172 Å². The van der Waals surface area contributed by atoms with Crippen LogP contribution in [-0.4, -0.2) is 76.3 Å². The fourth-order valence-electron chi connectivity index (χ4n) is 2.80. The van der Waals surface area contributed by atoms with Crippen molar-refractivity contribution in [1.29, 1.82) is 0 Å². The molecule has 1 aromatic rings. The van der Waals surface area contributed by atoms with Gasteiger partial charge < -0.3 is 10.2 Å². The molecule has 1 aliphatic carbocycles. The van der Waals surface area contributed by atoms with E-state index in [4.69, 9.17) is 0 Å². The van der Waals surface area contributed by atoms with Gasteiger partial charge in [-0.1, -0.05) is 0 Å². The summed E-state index contributed by atoms with van der Waals surface area (Å²) in [6, 6.07) is 3.89. The highest BCUT2D eigenvalue weighted by Crippen LogP contribution is 2.28. The zero-order valence-corrected chi connectivity index (χ0v) is 18.3. The lowest BCUT2D eigenvalue weighted by Crippen LogP contribution is -2.54. The number of benzene rings is 1. The number of halogens is 1. The van der Waals surface area contributed by atoms with Crippen LogP contribution in [-0.2, 0) is 29.4 Å². The molecule has 28 heavy (non-hydrogen) atoms.